The van der Waals surface area contributed by atoms with Gasteiger partial charge in [-0.3, -0.25) is 4.90 Å². The molecule has 0 atom stereocenters. The Hall–Kier alpha value is -0.510. The Balaban J connectivity index is 1.21. The molecule has 3 heteroatoms. The van der Waals surface area contributed by atoms with Gasteiger partial charge in [0.05, 0.1) is 0 Å². The van der Waals surface area contributed by atoms with Crippen molar-refractivity contribution in [1.29, 1.82) is 0 Å². The van der Waals surface area contributed by atoms with Gasteiger partial charge in [0.15, 0.2) is 0 Å². The molecule has 0 spiro atoms. The van der Waals surface area contributed by atoms with Gasteiger partial charge >= 0.3 is 0 Å². The standard InChI is InChI=1S/C23H38N2S/c1-2-10-21(11-3-1)20-26-19-9-17-24-16-8-18-25(22-12-4-5-13-22)23-14-6-7-15-23/h1-3,10-11,22-24H,4-9,12-20H2. The molecule has 2 aliphatic rings. The second-order valence-corrected chi connectivity index (χ2v) is 9.21. The summed E-state index contributed by atoms with van der Waals surface area (Å²) in [5.74, 6) is 2.41. The van der Waals surface area contributed by atoms with Crippen molar-refractivity contribution in [3.8, 4) is 0 Å². The minimum absolute atomic E-state index is 0.910. The Morgan fingerprint density at radius 2 is 1.46 bits per heavy atom. The molecule has 0 bridgehead atoms. The molecule has 0 aliphatic heterocycles. The molecule has 0 amide bonds. The third kappa shape index (κ3) is 6.90. The number of benzene rings is 1. The van der Waals surface area contributed by atoms with Crippen molar-refractivity contribution >= 4 is 11.8 Å². The fraction of sp³-hybridized carbons (Fsp3) is 0.739. The average molecular weight is 375 g/mol. The lowest BCUT2D eigenvalue weighted by Gasteiger charge is -2.34. The van der Waals surface area contributed by atoms with Crippen LogP contribution in [-0.2, 0) is 5.75 Å². The number of rotatable bonds is 12. The predicted octanol–water partition coefficient (Wildman–Crippen LogP) is 5.48. The van der Waals surface area contributed by atoms with E-state index in [-0.39, 0.29) is 0 Å². The van der Waals surface area contributed by atoms with Crippen LogP contribution in [0.5, 0.6) is 0 Å². The van der Waals surface area contributed by atoms with Gasteiger partial charge in [0.25, 0.3) is 0 Å². The number of nitrogens with one attached hydrogen (secondary N) is 1. The molecule has 0 unspecified atom stereocenters. The molecular formula is C23H38N2S. The Kier molecular flexibility index (Phi) is 9.37. The molecule has 3 rings (SSSR count). The molecule has 26 heavy (non-hydrogen) atoms. The molecule has 0 radical (unpaired) electrons. The second kappa shape index (κ2) is 12.0. The topological polar surface area (TPSA) is 15.3 Å². The third-order valence-electron chi connectivity index (χ3n) is 6.11. The van der Waals surface area contributed by atoms with Crippen LogP contribution in [0.3, 0.4) is 0 Å². The van der Waals surface area contributed by atoms with E-state index in [1.807, 2.05) is 0 Å². The van der Waals surface area contributed by atoms with E-state index in [0.29, 0.717) is 0 Å². The summed E-state index contributed by atoms with van der Waals surface area (Å²) in [6.07, 6.45) is 14.3. The highest BCUT2D eigenvalue weighted by molar-refractivity contribution is 7.98. The molecule has 1 aromatic carbocycles. The van der Waals surface area contributed by atoms with Crippen molar-refractivity contribution in [3.05, 3.63) is 35.9 Å². The zero-order valence-electron chi connectivity index (χ0n) is 16.5. The van der Waals surface area contributed by atoms with E-state index < -0.39 is 0 Å². The van der Waals surface area contributed by atoms with Crippen LogP contribution in [-0.4, -0.2) is 42.4 Å². The molecule has 0 saturated heterocycles. The summed E-state index contributed by atoms with van der Waals surface area (Å²) in [6, 6.07) is 12.6. The Morgan fingerprint density at radius 3 is 2.12 bits per heavy atom. The summed E-state index contributed by atoms with van der Waals surface area (Å²) in [4.78, 5) is 2.91. The minimum atomic E-state index is 0.910. The van der Waals surface area contributed by atoms with Gasteiger partial charge in [0.1, 0.15) is 0 Å². The van der Waals surface area contributed by atoms with Crippen LogP contribution in [0.1, 0.15) is 69.8 Å². The highest BCUT2D eigenvalue weighted by Gasteiger charge is 2.29. The molecule has 1 N–H and O–H groups in total. The smallest absolute Gasteiger partial charge is 0.0184 e. The minimum Gasteiger partial charge on any atom is -0.317 e. The number of hydrogen-bond acceptors (Lipinski definition) is 3. The van der Waals surface area contributed by atoms with E-state index >= 15 is 0 Å². The normalized spacial score (nSPS) is 19.0. The van der Waals surface area contributed by atoms with Gasteiger partial charge in [-0.15, -0.1) is 0 Å². The number of thioether (sulfide) groups is 1. The molecule has 2 saturated carbocycles. The largest absolute Gasteiger partial charge is 0.317 e. The van der Waals surface area contributed by atoms with Crippen LogP contribution < -0.4 is 5.32 Å². The first-order valence-corrected chi connectivity index (χ1v) is 12.2. The van der Waals surface area contributed by atoms with Crippen molar-refractivity contribution in [3.63, 3.8) is 0 Å². The maximum atomic E-state index is 3.68. The van der Waals surface area contributed by atoms with Crippen LogP contribution in [0.4, 0.5) is 0 Å². The van der Waals surface area contributed by atoms with E-state index in [9.17, 15) is 0 Å². The highest BCUT2D eigenvalue weighted by atomic mass is 32.2. The van der Waals surface area contributed by atoms with Gasteiger partial charge < -0.3 is 5.32 Å². The summed E-state index contributed by atoms with van der Waals surface area (Å²) in [5, 5.41) is 3.68. The maximum Gasteiger partial charge on any atom is 0.0184 e. The van der Waals surface area contributed by atoms with Crippen molar-refractivity contribution in [2.75, 3.05) is 25.4 Å². The highest BCUT2D eigenvalue weighted by Crippen LogP contribution is 2.31. The maximum absolute atomic E-state index is 3.68. The van der Waals surface area contributed by atoms with Crippen LogP contribution in [0.15, 0.2) is 30.3 Å². The van der Waals surface area contributed by atoms with Gasteiger partial charge in [-0.25, -0.2) is 0 Å². The Labute approximate surface area is 165 Å². The predicted molar refractivity (Wildman–Crippen MR) is 116 cm³/mol. The summed E-state index contributed by atoms with van der Waals surface area (Å²) in [7, 11) is 0. The van der Waals surface area contributed by atoms with Gasteiger partial charge in [-0.1, -0.05) is 56.0 Å². The van der Waals surface area contributed by atoms with Crippen molar-refractivity contribution < 1.29 is 0 Å². The van der Waals surface area contributed by atoms with E-state index in [1.165, 1.54) is 95.2 Å². The second-order valence-electron chi connectivity index (χ2n) is 8.11. The lowest BCUT2D eigenvalue weighted by atomic mass is 10.1. The average Bonchev–Trinajstić information content (AvgIpc) is 3.38. The van der Waals surface area contributed by atoms with Gasteiger partial charge in [-0.05, 0) is 69.5 Å². The zero-order chi connectivity index (χ0) is 17.9. The van der Waals surface area contributed by atoms with Crippen LogP contribution >= 0.6 is 11.8 Å². The van der Waals surface area contributed by atoms with Gasteiger partial charge in [0.2, 0.25) is 0 Å². The van der Waals surface area contributed by atoms with E-state index in [4.69, 9.17) is 0 Å². The first-order valence-electron chi connectivity index (χ1n) is 11.0. The molecule has 2 nitrogen and oxygen atoms in total. The first kappa shape index (κ1) is 20.2. The summed E-state index contributed by atoms with van der Waals surface area (Å²) in [6.45, 7) is 3.69. The summed E-state index contributed by atoms with van der Waals surface area (Å²) < 4.78 is 0. The molecule has 2 fully saturated rings. The van der Waals surface area contributed by atoms with Gasteiger partial charge in [-0.2, -0.15) is 11.8 Å². The zero-order valence-corrected chi connectivity index (χ0v) is 17.3. The number of hydrogen-bond donors (Lipinski definition) is 1. The van der Waals surface area contributed by atoms with E-state index in [0.717, 1.165) is 17.8 Å². The van der Waals surface area contributed by atoms with Crippen molar-refractivity contribution in [2.45, 2.75) is 82.0 Å². The number of nitrogens with zero attached hydrogens (tertiary/aromatic N) is 1. The van der Waals surface area contributed by atoms with Gasteiger partial charge in [0, 0.05) is 17.8 Å². The van der Waals surface area contributed by atoms with Crippen LogP contribution in [0, 0.1) is 0 Å². The monoisotopic (exact) mass is 374 g/mol. The quantitative estimate of drug-likeness (QED) is 0.488. The molecule has 2 aliphatic carbocycles. The lowest BCUT2D eigenvalue weighted by molar-refractivity contribution is 0.135. The Morgan fingerprint density at radius 1 is 0.846 bits per heavy atom. The lowest BCUT2D eigenvalue weighted by Crippen LogP contribution is -2.42. The van der Waals surface area contributed by atoms with Crippen molar-refractivity contribution in [1.82, 2.24) is 10.2 Å². The first-order chi connectivity index (χ1) is 12.9. The van der Waals surface area contributed by atoms with E-state index in [1.54, 1.807) is 0 Å². The van der Waals surface area contributed by atoms with E-state index in [2.05, 4.69) is 52.3 Å². The molecule has 146 valence electrons. The third-order valence-corrected chi connectivity index (χ3v) is 7.23. The van der Waals surface area contributed by atoms with Crippen molar-refractivity contribution in [2.24, 2.45) is 0 Å². The van der Waals surface area contributed by atoms with Crippen LogP contribution in [0.2, 0.25) is 0 Å². The Bertz CT molecular complexity index is 450. The summed E-state index contributed by atoms with van der Waals surface area (Å²) >= 11 is 2.06. The SMILES string of the molecule is c1ccc(CSCCCNCCCN(C2CCCC2)C2CCCC2)cc1. The van der Waals surface area contributed by atoms with Crippen LogP contribution in [0.25, 0.3) is 0 Å². The fourth-order valence-corrected chi connectivity index (χ4v) is 5.63. The molecular weight excluding hydrogens is 336 g/mol. The fourth-order valence-electron chi connectivity index (χ4n) is 4.71. The molecule has 0 heterocycles. The summed E-state index contributed by atoms with van der Waals surface area (Å²) in [5.41, 5.74) is 1.45. The molecule has 1 aromatic rings. The molecule has 0 aromatic heterocycles.